The topological polar surface area (TPSA) is 111 Å². The predicted molar refractivity (Wildman–Crippen MR) is 135 cm³/mol. The number of fused-ring (bicyclic) bond motifs is 3. The number of nitrogens with one attached hydrogen (secondary N) is 2. The first kappa shape index (κ1) is 26.7. The molecule has 8 heteroatoms. The lowest BCUT2D eigenvalue weighted by Gasteiger charge is -2.22. The summed E-state index contributed by atoms with van der Waals surface area (Å²) >= 11 is 0. The van der Waals surface area contributed by atoms with Crippen molar-refractivity contribution in [3.8, 4) is 11.1 Å². The Bertz CT molecular complexity index is 1080. The Labute approximate surface area is 211 Å². The van der Waals surface area contributed by atoms with E-state index in [0.717, 1.165) is 22.3 Å². The van der Waals surface area contributed by atoms with Crippen molar-refractivity contribution < 1.29 is 28.7 Å². The predicted octanol–water partition coefficient (Wildman–Crippen LogP) is 3.89. The largest absolute Gasteiger partial charge is 0.460 e. The van der Waals surface area contributed by atoms with Gasteiger partial charge in [0.1, 0.15) is 31.1 Å². The minimum atomic E-state index is -1.01. The maximum atomic E-state index is 12.8. The van der Waals surface area contributed by atoms with Crippen molar-refractivity contribution in [1.29, 1.82) is 0 Å². The lowest BCUT2D eigenvalue weighted by molar-refractivity contribution is -0.147. The highest BCUT2D eigenvalue weighted by molar-refractivity contribution is 5.90. The van der Waals surface area contributed by atoms with E-state index in [0.29, 0.717) is 0 Å². The monoisotopic (exact) mass is 492 g/mol. The maximum absolute atomic E-state index is 12.8. The van der Waals surface area contributed by atoms with E-state index in [-0.39, 0.29) is 44.2 Å². The van der Waals surface area contributed by atoms with Crippen LogP contribution in [0.15, 0.2) is 61.2 Å². The van der Waals surface area contributed by atoms with Gasteiger partial charge in [-0.15, -0.1) is 0 Å². The summed E-state index contributed by atoms with van der Waals surface area (Å²) in [5.41, 5.74) is 4.41. The first-order valence-electron chi connectivity index (χ1n) is 12.0. The van der Waals surface area contributed by atoms with Crippen LogP contribution in [0.1, 0.15) is 50.2 Å². The Morgan fingerprint density at radius 1 is 0.944 bits per heavy atom. The number of hydrogen-bond acceptors (Lipinski definition) is 6. The fourth-order valence-corrected chi connectivity index (χ4v) is 4.25. The van der Waals surface area contributed by atoms with E-state index in [4.69, 9.17) is 9.47 Å². The zero-order valence-electron chi connectivity index (χ0n) is 20.6. The molecule has 0 heterocycles. The van der Waals surface area contributed by atoms with Gasteiger partial charge in [-0.25, -0.2) is 9.59 Å². The maximum Gasteiger partial charge on any atom is 0.407 e. The number of ketones is 1. The molecule has 0 aromatic heterocycles. The van der Waals surface area contributed by atoms with Gasteiger partial charge in [-0.1, -0.05) is 68.1 Å². The van der Waals surface area contributed by atoms with Crippen LogP contribution in [0.5, 0.6) is 0 Å². The highest BCUT2D eigenvalue weighted by atomic mass is 16.5. The average Bonchev–Trinajstić information content (AvgIpc) is 3.20. The summed E-state index contributed by atoms with van der Waals surface area (Å²) in [6.07, 6.45) is 1.16. The second-order valence-corrected chi connectivity index (χ2v) is 8.65. The highest BCUT2D eigenvalue weighted by Gasteiger charge is 2.30. The molecule has 8 nitrogen and oxygen atoms in total. The van der Waals surface area contributed by atoms with Crippen LogP contribution in [-0.2, 0) is 23.9 Å². The molecule has 2 aromatic rings. The Morgan fingerprint density at radius 3 is 2.11 bits per heavy atom. The van der Waals surface area contributed by atoms with Gasteiger partial charge in [0.05, 0.1) is 0 Å². The summed E-state index contributed by atoms with van der Waals surface area (Å²) in [5, 5.41) is 5.17. The van der Waals surface area contributed by atoms with Gasteiger partial charge in [-0.05, 0) is 42.0 Å². The third-order valence-corrected chi connectivity index (χ3v) is 6.09. The normalized spacial score (nSPS) is 13.5. The van der Waals surface area contributed by atoms with Crippen LogP contribution in [-0.4, -0.2) is 49.1 Å². The molecule has 0 spiro atoms. The molecule has 190 valence electrons. The van der Waals surface area contributed by atoms with E-state index < -0.39 is 30.1 Å². The van der Waals surface area contributed by atoms with Gasteiger partial charge in [0.25, 0.3) is 0 Å². The summed E-state index contributed by atoms with van der Waals surface area (Å²) in [6, 6.07) is 14.1. The molecule has 2 N–H and O–H groups in total. The molecular weight excluding hydrogens is 460 g/mol. The van der Waals surface area contributed by atoms with Crippen LogP contribution >= 0.6 is 0 Å². The number of benzene rings is 2. The molecule has 2 amide bonds. The number of amides is 2. The fourth-order valence-electron chi connectivity index (χ4n) is 4.25. The first-order chi connectivity index (χ1) is 17.3. The summed E-state index contributed by atoms with van der Waals surface area (Å²) < 4.78 is 10.6. The average molecular weight is 493 g/mol. The van der Waals surface area contributed by atoms with Crippen LogP contribution in [0, 0.1) is 0 Å². The van der Waals surface area contributed by atoms with Crippen molar-refractivity contribution in [2.24, 2.45) is 0 Å². The van der Waals surface area contributed by atoms with Gasteiger partial charge < -0.3 is 24.9 Å². The standard InChI is InChI=1S/C28H32N2O6/c1-4-16-35-27(33)25(15-14-18(3)31)29-26(32)24(5-2)30-28(34)36-17-23-21-12-8-6-10-19(21)20-11-7-9-13-22(20)23/h4,6-13,23-25H,1,5,14-17H2,2-3H3,(H,29,32)(H,30,34). The van der Waals surface area contributed by atoms with Crippen LogP contribution < -0.4 is 10.6 Å². The van der Waals surface area contributed by atoms with E-state index in [1.54, 1.807) is 6.92 Å². The summed E-state index contributed by atoms with van der Waals surface area (Å²) in [5.74, 6) is -1.45. The Kier molecular flexibility index (Phi) is 9.39. The molecule has 0 saturated carbocycles. The zero-order chi connectivity index (χ0) is 26.1. The lowest BCUT2D eigenvalue weighted by atomic mass is 9.98. The highest BCUT2D eigenvalue weighted by Crippen LogP contribution is 2.44. The van der Waals surface area contributed by atoms with Gasteiger partial charge in [0.15, 0.2) is 0 Å². The van der Waals surface area contributed by atoms with Crippen molar-refractivity contribution in [2.45, 2.75) is 51.1 Å². The summed E-state index contributed by atoms with van der Waals surface area (Å²) in [4.78, 5) is 49.2. The molecule has 2 aromatic carbocycles. The zero-order valence-corrected chi connectivity index (χ0v) is 20.6. The van der Waals surface area contributed by atoms with E-state index in [2.05, 4.69) is 17.2 Å². The number of esters is 1. The Balaban J connectivity index is 1.60. The third-order valence-electron chi connectivity index (χ3n) is 6.09. The number of alkyl carbamates (subject to hydrolysis) is 1. The van der Waals surface area contributed by atoms with Crippen molar-refractivity contribution in [3.05, 3.63) is 72.3 Å². The Hall–Kier alpha value is -3.94. The molecule has 2 unspecified atom stereocenters. The van der Waals surface area contributed by atoms with E-state index in [1.165, 1.54) is 13.0 Å². The number of carbonyl (C=O) groups excluding carboxylic acids is 4. The van der Waals surface area contributed by atoms with Gasteiger partial charge in [0, 0.05) is 12.3 Å². The van der Waals surface area contributed by atoms with Gasteiger partial charge in [-0.2, -0.15) is 0 Å². The smallest absolute Gasteiger partial charge is 0.407 e. The molecule has 0 aliphatic heterocycles. The van der Waals surface area contributed by atoms with Crippen LogP contribution in [0.3, 0.4) is 0 Å². The van der Waals surface area contributed by atoms with Crippen molar-refractivity contribution in [1.82, 2.24) is 10.6 Å². The molecular formula is C28H32N2O6. The minimum Gasteiger partial charge on any atom is -0.460 e. The molecule has 0 saturated heterocycles. The number of rotatable bonds is 12. The number of carbonyl (C=O) groups is 4. The SMILES string of the molecule is C=CCOC(=O)C(CCC(C)=O)NC(=O)C(CC)NC(=O)OCC1c2ccccc2-c2ccccc21. The van der Waals surface area contributed by atoms with Crippen molar-refractivity contribution in [2.75, 3.05) is 13.2 Å². The van der Waals surface area contributed by atoms with Crippen LogP contribution in [0.2, 0.25) is 0 Å². The third kappa shape index (κ3) is 6.59. The molecule has 36 heavy (non-hydrogen) atoms. The number of Topliss-reactive ketones (excluding diaryl/α,β-unsaturated/α-hetero) is 1. The second kappa shape index (κ2) is 12.7. The first-order valence-corrected chi connectivity index (χ1v) is 12.0. The quantitative estimate of drug-likeness (QED) is 0.344. The molecule has 1 aliphatic carbocycles. The lowest BCUT2D eigenvalue weighted by Crippen LogP contribution is -2.52. The van der Waals surface area contributed by atoms with Gasteiger partial charge in [0.2, 0.25) is 5.91 Å². The summed E-state index contributed by atoms with van der Waals surface area (Å²) in [6.45, 7) is 6.73. The number of ether oxygens (including phenoxy) is 2. The molecule has 1 aliphatic rings. The van der Waals surface area contributed by atoms with E-state index in [1.807, 2.05) is 48.5 Å². The van der Waals surface area contributed by atoms with Crippen molar-refractivity contribution in [3.63, 3.8) is 0 Å². The summed E-state index contributed by atoms with van der Waals surface area (Å²) in [7, 11) is 0. The molecule has 3 rings (SSSR count). The van der Waals surface area contributed by atoms with Gasteiger partial charge >= 0.3 is 12.1 Å². The Morgan fingerprint density at radius 2 is 1.56 bits per heavy atom. The minimum absolute atomic E-state index is 0.0134. The van der Waals surface area contributed by atoms with Crippen molar-refractivity contribution >= 4 is 23.8 Å². The molecule has 0 bridgehead atoms. The van der Waals surface area contributed by atoms with E-state index in [9.17, 15) is 19.2 Å². The van der Waals surface area contributed by atoms with Crippen LogP contribution in [0.4, 0.5) is 4.79 Å². The van der Waals surface area contributed by atoms with Gasteiger partial charge in [-0.3, -0.25) is 4.79 Å². The molecule has 2 atom stereocenters. The van der Waals surface area contributed by atoms with Crippen LogP contribution in [0.25, 0.3) is 11.1 Å². The molecule has 0 radical (unpaired) electrons. The number of hydrogen-bond donors (Lipinski definition) is 2. The fraction of sp³-hybridized carbons (Fsp3) is 0.357. The molecule has 0 fully saturated rings. The van der Waals surface area contributed by atoms with E-state index >= 15 is 0 Å². The second-order valence-electron chi connectivity index (χ2n) is 8.65.